The summed E-state index contributed by atoms with van der Waals surface area (Å²) in [6.45, 7) is 1.32. The Morgan fingerprint density at radius 3 is 2.69 bits per heavy atom. The molecule has 0 bridgehead atoms. The topological polar surface area (TPSA) is 46.5 Å². The minimum absolute atomic E-state index is 0.456. The Hall–Kier alpha value is -0.640. The van der Waals surface area contributed by atoms with E-state index < -0.39 is 24.3 Å². The molecule has 4 heteroatoms. The maximum atomic E-state index is 13.1. The molecule has 0 heterocycles. The summed E-state index contributed by atoms with van der Waals surface area (Å²) < 4.78 is 17.9. The Kier molecular flexibility index (Phi) is 3.66. The average Bonchev–Trinajstić information content (AvgIpc) is 2.08. The van der Waals surface area contributed by atoms with Gasteiger partial charge in [-0.1, -0.05) is 6.42 Å². The molecule has 1 N–H and O–H groups in total. The first-order valence-electron chi connectivity index (χ1n) is 4.64. The van der Waals surface area contributed by atoms with Crippen LogP contribution in [0.15, 0.2) is 0 Å². The number of hydrogen-bond acceptors (Lipinski definition) is 3. The fourth-order valence-electron chi connectivity index (χ4n) is 1.43. The van der Waals surface area contributed by atoms with Crippen molar-refractivity contribution in [3.63, 3.8) is 0 Å². The van der Waals surface area contributed by atoms with Crippen LogP contribution in [0.25, 0.3) is 0 Å². The Balaban J connectivity index is 2.38. The van der Waals surface area contributed by atoms with Crippen LogP contribution in [0.2, 0.25) is 0 Å². The van der Waals surface area contributed by atoms with Gasteiger partial charge in [-0.25, -0.2) is 9.18 Å². The highest BCUT2D eigenvalue weighted by Crippen LogP contribution is 2.23. The summed E-state index contributed by atoms with van der Waals surface area (Å²) in [5.74, 6) is -0.727. The lowest BCUT2D eigenvalue weighted by atomic mass is 9.96. The highest BCUT2D eigenvalue weighted by atomic mass is 19.1. The smallest absolute Gasteiger partial charge is 0.335 e. The standard InChI is InChI=1S/C9H15FO3/c1-6(11)9(12)13-8-5-3-2-4-7(8)10/h6-8,11H,2-5H2,1H3/t6-,7?,8?/m0/s1. The van der Waals surface area contributed by atoms with Gasteiger partial charge in [0.1, 0.15) is 18.4 Å². The average molecular weight is 190 g/mol. The molecular formula is C9H15FO3. The van der Waals surface area contributed by atoms with Crippen LogP contribution in [0.1, 0.15) is 32.6 Å². The van der Waals surface area contributed by atoms with Gasteiger partial charge in [0.15, 0.2) is 0 Å². The lowest BCUT2D eigenvalue weighted by molar-refractivity contribution is -0.163. The van der Waals surface area contributed by atoms with Gasteiger partial charge in [-0.2, -0.15) is 0 Å². The molecule has 0 saturated heterocycles. The predicted molar refractivity (Wildman–Crippen MR) is 44.9 cm³/mol. The van der Waals surface area contributed by atoms with E-state index in [1.165, 1.54) is 6.92 Å². The Morgan fingerprint density at radius 1 is 1.54 bits per heavy atom. The SMILES string of the molecule is C[C@H](O)C(=O)OC1CCCCC1F. The van der Waals surface area contributed by atoms with E-state index >= 15 is 0 Å². The summed E-state index contributed by atoms with van der Waals surface area (Å²) in [4.78, 5) is 10.9. The molecule has 13 heavy (non-hydrogen) atoms. The van der Waals surface area contributed by atoms with Crippen molar-refractivity contribution in [3.05, 3.63) is 0 Å². The summed E-state index contributed by atoms with van der Waals surface area (Å²) in [5, 5.41) is 8.84. The minimum atomic E-state index is -1.16. The zero-order valence-electron chi connectivity index (χ0n) is 7.70. The van der Waals surface area contributed by atoms with Crippen molar-refractivity contribution in [2.75, 3.05) is 0 Å². The van der Waals surface area contributed by atoms with Gasteiger partial charge in [0, 0.05) is 0 Å². The van der Waals surface area contributed by atoms with Crippen molar-refractivity contribution in [2.45, 2.75) is 51.0 Å². The van der Waals surface area contributed by atoms with Crippen LogP contribution in [-0.2, 0) is 9.53 Å². The van der Waals surface area contributed by atoms with E-state index in [0.29, 0.717) is 12.8 Å². The molecule has 1 aliphatic carbocycles. The lowest BCUT2D eigenvalue weighted by Gasteiger charge is -2.25. The second-order valence-electron chi connectivity index (χ2n) is 3.45. The molecule has 2 unspecified atom stereocenters. The zero-order valence-corrected chi connectivity index (χ0v) is 7.70. The van der Waals surface area contributed by atoms with Crippen molar-refractivity contribution in [1.29, 1.82) is 0 Å². The third-order valence-electron chi connectivity index (χ3n) is 2.23. The fourth-order valence-corrected chi connectivity index (χ4v) is 1.43. The molecule has 76 valence electrons. The van der Waals surface area contributed by atoms with Crippen molar-refractivity contribution >= 4 is 5.97 Å². The van der Waals surface area contributed by atoms with Gasteiger partial charge in [0.2, 0.25) is 0 Å². The quantitative estimate of drug-likeness (QED) is 0.665. The number of aliphatic hydroxyl groups excluding tert-OH is 1. The van der Waals surface area contributed by atoms with E-state index in [9.17, 15) is 9.18 Å². The third-order valence-corrected chi connectivity index (χ3v) is 2.23. The van der Waals surface area contributed by atoms with Crippen LogP contribution >= 0.6 is 0 Å². The number of halogens is 1. The molecular weight excluding hydrogens is 175 g/mol. The van der Waals surface area contributed by atoms with Crippen molar-refractivity contribution in [3.8, 4) is 0 Å². The maximum Gasteiger partial charge on any atom is 0.335 e. The first-order valence-corrected chi connectivity index (χ1v) is 4.64. The molecule has 0 amide bonds. The minimum Gasteiger partial charge on any atom is -0.457 e. The normalized spacial score (nSPS) is 31.0. The van der Waals surface area contributed by atoms with Crippen LogP contribution in [0, 0.1) is 0 Å². The molecule has 1 rings (SSSR count). The molecule has 1 fully saturated rings. The zero-order chi connectivity index (χ0) is 9.84. The maximum absolute atomic E-state index is 13.1. The van der Waals surface area contributed by atoms with Gasteiger partial charge in [-0.15, -0.1) is 0 Å². The molecule has 0 spiro atoms. The molecule has 0 aromatic rings. The summed E-state index contributed by atoms with van der Waals surface area (Å²) in [6.07, 6.45) is -0.0964. The van der Waals surface area contributed by atoms with Gasteiger partial charge in [-0.3, -0.25) is 0 Å². The van der Waals surface area contributed by atoms with Crippen LogP contribution in [-0.4, -0.2) is 29.5 Å². The molecule has 0 aliphatic heterocycles. The second-order valence-corrected chi connectivity index (χ2v) is 3.45. The Labute approximate surface area is 76.9 Å². The first-order chi connectivity index (χ1) is 6.11. The van der Waals surface area contributed by atoms with Crippen molar-refractivity contribution in [2.24, 2.45) is 0 Å². The van der Waals surface area contributed by atoms with Gasteiger partial charge < -0.3 is 9.84 Å². The van der Waals surface area contributed by atoms with E-state index in [4.69, 9.17) is 9.84 Å². The van der Waals surface area contributed by atoms with E-state index in [1.807, 2.05) is 0 Å². The summed E-state index contributed by atoms with van der Waals surface area (Å²) >= 11 is 0. The number of alkyl halides is 1. The molecule has 1 saturated carbocycles. The van der Waals surface area contributed by atoms with E-state index in [-0.39, 0.29) is 0 Å². The number of hydrogen-bond donors (Lipinski definition) is 1. The number of carbonyl (C=O) groups is 1. The molecule has 0 aromatic heterocycles. The first kappa shape index (κ1) is 10.4. The van der Waals surface area contributed by atoms with Gasteiger partial charge >= 0.3 is 5.97 Å². The summed E-state index contributed by atoms with van der Waals surface area (Å²) in [6, 6.07) is 0. The molecule has 0 aromatic carbocycles. The van der Waals surface area contributed by atoms with Crippen LogP contribution in [0.4, 0.5) is 4.39 Å². The predicted octanol–water partition coefficient (Wildman–Crippen LogP) is 1.19. The molecule has 3 atom stereocenters. The van der Waals surface area contributed by atoms with Gasteiger partial charge in [0.05, 0.1) is 0 Å². The van der Waals surface area contributed by atoms with Crippen molar-refractivity contribution < 1.29 is 19.0 Å². The largest absolute Gasteiger partial charge is 0.457 e. The monoisotopic (exact) mass is 190 g/mol. The number of rotatable bonds is 2. The second kappa shape index (κ2) is 4.56. The molecule has 0 radical (unpaired) electrons. The lowest BCUT2D eigenvalue weighted by Crippen LogP contribution is -2.34. The van der Waals surface area contributed by atoms with E-state index in [1.54, 1.807) is 0 Å². The molecule has 1 aliphatic rings. The number of esters is 1. The summed E-state index contributed by atoms with van der Waals surface area (Å²) in [7, 11) is 0. The highest BCUT2D eigenvalue weighted by Gasteiger charge is 2.28. The van der Waals surface area contributed by atoms with E-state index in [0.717, 1.165) is 12.8 Å². The Bertz CT molecular complexity index is 182. The van der Waals surface area contributed by atoms with Crippen molar-refractivity contribution in [1.82, 2.24) is 0 Å². The Morgan fingerprint density at radius 2 is 2.15 bits per heavy atom. The molecule has 3 nitrogen and oxygen atoms in total. The van der Waals surface area contributed by atoms with Gasteiger partial charge in [0.25, 0.3) is 0 Å². The van der Waals surface area contributed by atoms with Crippen LogP contribution in [0.5, 0.6) is 0 Å². The number of ether oxygens (including phenoxy) is 1. The summed E-state index contributed by atoms with van der Waals surface area (Å²) in [5.41, 5.74) is 0. The highest BCUT2D eigenvalue weighted by molar-refractivity contribution is 5.74. The fraction of sp³-hybridized carbons (Fsp3) is 0.889. The van der Waals surface area contributed by atoms with Gasteiger partial charge in [-0.05, 0) is 26.2 Å². The van der Waals surface area contributed by atoms with E-state index in [2.05, 4.69) is 0 Å². The number of aliphatic hydroxyl groups is 1. The van der Waals surface area contributed by atoms with Crippen LogP contribution < -0.4 is 0 Å². The number of carbonyl (C=O) groups excluding carboxylic acids is 1. The van der Waals surface area contributed by atoms with Crippen LogP contribution in [0.3, 0.4) is 0 Å². The third kappa shape index (κ3) is 2.95.